The summed E-state index contributed by atoms with van der Waals surface area (Å²) >= 11 is 0. The van der Waals surface area contributed by atoms with E-state index in [2.05, 4.69) is 12.2 Å². The molecule has 102 valence electrons. The lowest BCUT2D eigenvalue weighted by molar-refractivity contribution is -0.162. The lowest BCUT2D eigenvalue weighted by Crippen LogP contribution is -2.48. The van der Waals surface area contributed by atoms with Crippen LogP contribution in [-0.4, -0.2) is 45.3 Å². The second-order valence-electron chi connectivity index (χ2n) is 4.38. The van der Waals surface area contributed by atoms with Crippen LogP contribution < -0.4 is 5.32 Å². The topological polar surface area (TPSA) is 39.7 Å². The highest BCUT2D eigenvalue weighted by atomic mass is 16.7. The Morgan fingerprint density at radius 2 is 1.94 bits per heavy atom. The molecule has 4 heteroatoms. The Morgan fingerprint density at radius 1 is 1.24 bits per heavy atom. The van der Waals surface area contributed by atoms with Crippen LogP contribution in [0.15, 0.2) is 0 Å². The third-order valence-corrected chi connectivity index (χ3v) is 3.06. The SMILES string of the molecule is CCCNC(C1CCOC1)C(OCC)OCC. The second-order valence-corrected chi connectivity index (χ2v) is 4.38. The minimum atomic E-state index is -0.150. The van der Waals surface area contributed by atoms with Crippen molar-refractivity contribution >= 4 is 0 Å². The predicted octanol–water partition coefficient (Wildman–Crippen LogP) is 1.79. The van der Waals surface area contributed by atoms with Gasteiger partial charge in [0.1, 0.15) is 0 Å². The highest BCUT2D eigenvalue weighted by Gasteiger charge is 2.32. The Kier molecular flexibility index (Phi) is 7.77. The van der Waals surface area contributed by atoms with Crippen LogP contribution in [0.1, 0.15) is 33.6 Å². The molecular weight excluding hydrogens is 218 g/mol. The molecule has 0 amide bonds. The van der Waals surface area contributed by atoms with Crippen molar-refractivity contribution in [3.8, 4) is 0 Å². The van der Waals surface area contributed by atoms with Crippen molar-refractivity contribution in [2.24, 2.45) is 5.92 Å². The molecule has 2 unspecified atom stereocenters. The van der Waals surface area contributed by atoms with E-state index in [1.54, 1.807) is 0 Å². The zero-order valence-corrected chi connectivity index (χ0v) is 11.4. The van der Waals surface area contributed by atoms with Crippen LogP contribution in [0, 0.1) is 5.92 Å². The molecule has 1 heterocycles. The first kappa shape index (κ1) is 14.9. The second kappa shape index (κ2) is 8.86. The molecule has 0 aromatic rings. The van der Waals surface area contributed by atoms with Crippen LogP contribution >= 0.6 is 0 Å². The fourth-order valence-corrected chi connectivity index (χ4v) is 2.22. The number of ether oxygens (including phenoxy) is 3. The van der Waals surface area contributed by atoms with Crippen LogP contribution in [0.5, 0.6) is 0 Å². The van der Waals surface area contributed by atoms with Crippen molar-refractivity contribution < 1.29 is 14.2 Å². The van der Waals surface area contributed by atoms with Crippen molar-refractivity contribution in [3.05, 3.63) is 0 Å². The average Bonchev–Trinajstić information content (AvgIpc) is 2.84. The van der Waals surface area contributed by atoms with Crippen molar-refractivity contribution in [3.63, 3.8) is 0 Å². The van der Waals surface area contributed by atoms with Gasteiger partial charge in [-0.15, -0.1) is 0 Å². The zero-order valence-electron chi connectivity index (χ0n) is 11.4. The number of rotatable bonds is 9. The smallest absolute Gasteiger partial charge is 0.173 e. The van der Waals surface area contributed by atoms with Crippen LogP contribution in [-0.2, 0) is 14.2 Å². The first-order valence-electron chi connectivity index (χ1n) is 6.87. The van der Waals surface area contributed by atoms with Crippen LogP contribution in [0.3, 0.4) is 0 Å². The molecule has 2 atom stereocenters. The van der Waals surface area contributed by atoms with E-state index in [4.69, 9.17) is 14.2 Å². The van der Waals surface area contributed by atoms with E-state index in [9.17, 15) is 0 Å². The maximum absolute atomic E-state index is 5.71. The van der Waals surface area contributed by atoms with Gasteiger partial charge in [-0.05, 0) is 33.2 Å². The standard InChI is InChI=1S/C13H27NO3/c1-4-8-14-12(11-7-9-15-10-11)13(16-5-2)17-6-3/h11-14H,4-10H2,1-3H3. The third-order valence-electron chi connectivity index (χ3n) is 3.06. The first-order valence-corrected chi connectivity index (χ1v) is 6.87. The lowest BCUT2D eigenvalue weighted by Gasteiger charge is -2.31. The first-order chi connectivity index (χ1) is 8.33. The van der Waals surface area contributed by atoms with Crippen molar-refractivity contribution in [1.82, 2.24) is 5.32 Å². The van der Waals surface area contributed by atoms with E-state index >= 15 is 0 Å². The minimum Gasteiger partial charge on any atom is -0.381 e. The molecule has 1 fully saturated rings. The summed E-state index contributed by atoms with van der Waals surface area (Å²) in [6.07, 6.45) is 2.07. The molecule has 0 aromatic carbocycles. The maximum Gasteiger partial charge on any atom is 0.173 e. The Bertz CT molecular complexity index is 178. The van der Waals surface area contributed by atoms with Gasteiger partial charge in [-0.3, -0.25) is 0 Å². The molecular formula is C13H27NO3. The molecule has 1 saturated heterocycles. The average molecular weight is 245 g/mol. The van der Waals surface area contributed by atoms with Crippen LogP contribution in [0.25, 0.3) is 0 Å². The molecule has 1 aliphatic heterocycles. The van der Waals surface area contributed by atoms with Gasteiger partial charge in [0.05, 0.1) is 12.6 Å². The summed E-state index contributed by atoms with van der Waals surface area (Å²) in [7, 11) is 0. The van der Waals surface area contributed by atoms with Gasteiger partial charge in [-0.1, -0.05) is 6.92 Å². The fraction of sp³-hybridized carbons (Fsp3) is 1.00. The molecule has 1 aliphatic rings. The molecule has 0 saturated carbocycles. The van der Waals surface area contributed by atoms with Gasteiger partial charge >= 0.3 is 0 Å². The fourth-order valence-electron chi connectivity index (χ4n) is 2.22. The predicted molar refractivity (Wildman–Crippen MR) is 68.0 cm³/mol. The zero-order chi connectivity index (χ0) is 12.5. The quantitative estimate of drug-likeness (QED) is 0.629. The molecule has 0 aromatic heterocycles. The highest BCUT2D eigenvalue weighted by molar-refractivity contribution is 4.82. The van der Waals surface area contributed by atoms with Gasteiger partial charge in [0, 0.05) is 25.7 Å². The summed E-state index contributed by atoms with van der Waals surface area (Å²) in [5.41, 5.74) is 0. The minimum absolute atomic E-state index is 0.150. The van der Waals surface area contributed by atoms with E-state index in [-0.39, 0.29) is 12.3 Å². The number of hydrogen-bond acceptors (Lipinski definition) is 4. The number of nitrogens with one attached hydrogen (secondary N) is 1. The van der Waals surface area contributed by atoms with Gasteiger partial charge in [-0.25, -0.2) is 0 Å². The summed E-state index contributed by atoms with van der Waals surface area (Å²) in [5.74, 6) is 0.504. The van der Waals surface area contributed by atoms with E-state index in [0.29, 0.717) is 19.1 Å². The summed E-state index contributed by atoms with van der Waals surface area (Å²) < 4.78 is 16.9. The molecule has 0 radical (unpaired) electrons. The normalized spacial score (nSPS) is 22.2. The van der Waals surface area contributed by atoms with E-state index in [1.807, 2.05) is 13.8 Å². The molecule has 0 spiro atoms. The van der Waals surface area contributed by atoms with E-state index < -0.39 is 0 Å². The summed E-state index contributed by atoms with van der Waals surface area (Å²) in [4.78, 5) is 0. The molecule has 4 nitrogen and oxygen atoms in total. The van der Waals surface area contributed by atoms with Gasteiger partial charge in [0.25, 0.3) is 0 Å². The van der Waals surface area contributed by atoms with Crippen molar-refractivity contribution in [1.29, 1.82) is 0 Å². The Morgan fingerprint density at radius 3 is 2.41 bits per heavy atom. The van der Waals surface area contributed by atoms with Gasteiger partial charge in [0.2, 0.25) is 0 Å². The summed E-state index contributed by atoms with van der Waals surface area (Å²) in [6, 6.07) is 0.248. The molecule has 0 bridgehead atoms. The monoisotopic (exact) mass is 245 g/mol. The van der Waals surface area contributed by atoms with E-state index in [0.717, 1.165) is 32.6 Å². The third kappa shape index (κ3) is 4.92. The van der Waals surface area contributed by atoms with Crippen molar-refractivity contribution in [2.45, 2.75) is 45.9 Å². The lowest BCUT2D eigenvalue weighted by atomic mass is 9.98. The van der Waals surface area contributed by atoms with E-state index in [1.165, 1.54) is 0 Å². The largest absolute Gasteiger partial charge is 0.381 e. The molecule has 1 rings (SSSR count). The molecule has 0 aliphatic carbocycles. The Balaban J connectivity index is 2.55. The van der Waals surface area contributed by atoms with Crippen LogP contribution in [0.4, 0.5) is 0 Å². The number of hydrogen-bond donors (Lipinski definition) is 1. The van der Waals surface area contributed by atoms with Gasteiger partial charge in [0.15, 0.2) is 6.29 Å². The van der Waals surface area contributed by atoms with Crippen molar-refractivity contribution in [2.75, 3.05) is 33.0 Å². The Labute approximate surface area is 105 Å². The van der Waals surface area contributed by atoms with Gasteiger partial charge < -0.3 is 19.5 Å². The molecule has 1 N–H and O–H groups in total. The van der Waals surface area contributed by atoms with Crippen LogP contribution in [0.2, 0.25) is 0 Å². The Hall–Kier alpha value is -0.160. The maximum atomic E-state index is 5.71. The molecule has 17 heavy (non-hydrogen) atoms. The summed E-state index contributed by atoms with van der Waals surface area (Å²) in [5, 5.41) is 3.55. The van der Waals surface area contributed by atoms with Gasteiger partial charge in [-0.2, -0.15) is 0 Å². The highest BCUT2D eigenvalue weighted by Crippen LogP contribution is 2.21. The summed E-state index contributed by atoms with van der Waals surface area (Å²) in [6.45, 7) is 10.2.